The first-order valence-electron chi connectivity index (χ1n) is 11.4. The number of thiophene rings is 1. The van der Waals surface area contributed by atoms with E-state index in [0.29, 0.717) is 33.5 Å². The summed E-state index contributed by atoms with van der Waals surface area (Å²) in [5.74, 6) is -1.43. The molecule has 0 saturated heterocycles. The van der Waals surface area contributed by atoms with Gasteiger partial charge in [0.2, 0.25) is 0 Å². The normalized spacial score (nSPS) is 13.7. The van der Waals surface area contributed by atoms with E-state index in [-0.39, 0.29) is 5.82 Å². The number of allylic oxidation sites excluding steroid dienone is 1. The topological polar surface area (TPSA) is 92.1 Å². The second-order valence-corrected chi connectivity index (χ2v) is 9.22. The number of halogens is 1. The molecule has 0 spiro atoms. The van der Waals surface area contributed by atoms with Gasteiger partial charge in [-0.05, 0) is 71.7 Å². The quantitative estimate of drug-likeness (QED) is 0.343. The van der Waals surface area contributed by atoms with Crippen molar-refractivity contribution in [2.75, 3.05) is 11.9 Å². The zero-order valence-corrected chi connectivity index (χ0v) is 19.9. The van der Waals surface area contributed by atoms with Crippen LogP contribution in [0.3, 0.4) is 0 Å². The van der Waals surface area contributed by atoms with Crippen molar-refractivity contribution in [1.29, 1.82) is 5.26 Å². The molecular weight excluding hydrogens is 477 g/mol. The fourth-order valence-electron chi connectivity index (χ4n) is 4.33. The summed E-state index contributed by atoms with van der Waals surface area (Å²) in [7, 11) is 0. The molecule has 0 bridgehead atoms. The SMILES string of the molecule is N#Cc1ccsc1NC(=O)COC(=O)c1c2c(nc3ccccc13)C(=Cc1ccc(F)cc1)CCC2. The molecule has 0 radical (unpaired) electrons. The first kappa shape index (κ1) is 23.4. The molecule has 1 aliphatic rings. The maximum atomic E-state index is 13.4. The number of carbonyl (C=O) groups excluding carboxylic acids is 2. The third-order valence-electron chi connectivity index (χ3n) is 5.96. The Morgan fingerprint density at radius 2 is 1.94 bits per heavy atom. The minimum Gasteiger partial charge on any atom is -0.452 e. The number of esters is 1. The lowest BCUT2D eigenvalue weighted by molar-refractivity contribution is -0.119. The standard InChI is InChI=1S/C28H20FN3O3S/c29-20-10-8-17(9-11-20)14-18-4-3-6-22-25(21-5-1-2-7-23(21)31-26(18)22)28(34)35-16-24(33)32-27-19(15-30)12-13-36-27/h1-2,5,7-14H,3-4,6,16H2,(H,32,33). The Morgan fingerprint density at radius 1 is 1.14 bits per heavy atom. The Bertz CT molecular complexity index is 1550. The van der Waals surface area contributed by atoms with Crippen molar-refractivity contribution >= 4 is 50.8 Å². The zero-order chi connectivity index (χ0) is 25.1. The molecule has 2 aromatic carbocycles. The van der Waals surface area contributed by atoms with Crippen molar-refractivity contribution < 1.29 is 18.7 Å². The number of hydrogen-bond donors (Lipinski definition) is 1. The number of hydrogen-bond acceptors (Lipinski definition) is 6. The lowest BCUT2D eigenvalue weighted by Crippen LogP contribution is -2.22. The number of pyridine rings is 1. The number of nitriles is 1. The number of carbonyl (C=O) groups is 2. The van der Waals surface area contributed by atoms with Crippen LogP contribution in [0.4, 0.5) is 9.39 Å². The van der Waals surface area contributed by atoms with E-state index in [1.54, 1.807) is 23.6 Å². The maximum Gasteiger partial charge on any atom is 0.339 e. The van der Waals surface area contributed by atoms with E-state index in [4.69, 9.17) is 15.0 Å². The fourth-order valence-corrected chi connectivity index (χ4v) is 5.08. The molecule has 8 heteroatoms. The summed E-state index contributed by atoms with van der Waals surface area (Å²) in [6.45, 7) is -0.481. The average molecular weight is 498 g/mol. The molecule has 36 heavy (non-hydrogen) atoms. The van der Waals surface area contributed by atoms with E-state index < -0.39 is 18.5 Å². The van der Waals surface area contributed by atoms with Gasteiger partial charge in [-0.1, -0.05) is 30.3 Å². The van der Waals surface area contributed by atoms with Gasteiger partial charge >= 0.3 is 5.97 Å². The van der Waals surface area contributed by atoms with Gasteiger partial charge in [0.05, 0.1) is 22.3 Å². The number of nitrogens with zero attached hydrogens (tertiary/aromatic N) is 2. The Hall–Kier alpha value is -4.35. The average Bonchev–Trinajstić information content (AvgIpc) is 3.34. The number of anilines is 1. The Balaban J connectivity index is 1.47. The molecule has 0 fully saturated rings. The Labute approximate surface area is 210 Å². The highest BCUT2D eigenvalue weighted by molar-refractivity contribution is 7.14. The predicted octanol–water partition coefficient (Wildman–Crippen LogP) is 5.98. The van der Waals surface area contributed by atoms with E-state index in [9.17, 15) is 14.0 Å². The van der Waals surface area contributed by atoms with Gasteiger partial charge in [-0.3, -0.25) is 4.79 Å². The van der Waals surface area contributed by atoms with E-state index in [1.807, 2.05) is 36.4 Å². The maximum absolute atomic E-state index is 13.4. The van der Waals surface area contributed by atoms with Crippen molar-refractivity contribution in [3.8, 4) is 6.07 Å². The number of nitrogens with one attached hydrogen (secondary N) is 1. The third-order valence-corrected chi connectivity index (χ3v) is 6.79. The molecule has 2 aromatic heterocycles. The van der Waals surface area contributed by atoms with Crippen molar-refractivity contribution in [2.45, 2.75) is 19.3 Å². The van der Waals surface area contributed by atoms with Crippen molar-refractivity contribution in [3.63, 3.8) is 0 Å². The van der Waals surface area contributed by atoms with Gasteiger partial charge in [0.1, 0.15) is 16.9 Å². The summed E-state index contributed by atoms with van der Waals surface area (Å²) < 4.78 is 18.8. The van der Waals surface area contributed by atoms with Crippen LogP contribution in [-0.2, 0) is 16.0 Å². The number of para-hydroxylation sites is 1. The van der Waals surface area contributed by atoms with Crippen molar-refractivity contribution in [1.82, 2.24) is 4.98 Å². The summed E-state index contributed by atoms with van der Waals surface area (Å²) in [5, 5.41) is 14.5. The monoisotopic (exact) mass is 497 g/mol. The van der Waals surface area contributed by atoms with Crippen LogP contribution >= 0.6 is 11.3 Å². The van der Waals surface area contributed by atoms with Gasteiger partial charge < -0.3 is 10.1 Å². The molecule has 4 aromatic rings. The smallest absolute Gasteiger partial charge is 0.339 e. The van der Waals surface area contributed by atoms with Gasteiger partial charge in [0.25, 0.3) is 5.91 Å². The molecule has 6 nitrogen and oxygen atoms in total. The van der Waals surface area contributed by atoms with Gasteiger partial charge in [0.15, 0.2) is 6.61 Å². The minimum atomic E-state index is -0.602. The first-order valence-corrected chi connectivity index (χ1v) is 12.2. The van der Waals surface area contributed by atoms with Crippen molar-refractivity contribution in [2.24, 2.45) is 0 Å². The molecule has 2 heterocycles. The number of benzene rings is 2. The van der Waals surface area contributed by atoms with Crippen LogP contribution in [0.1, 0.15) is 45.6 Å². The largest absolute Gasteiger partial charge is 0.452 e. The van der Waals surface area contributed by atoms with Gasteiger partial charge in [0, 0.05) is 5.39 Å². The number of rotatable bonds is 5. The first-order chi connectivity index (χ1) is 17.5. The minimum absolute atomic E-state index is 0.303. The summed E-state index contributed by atoms with van der Waals surface area (Å²) in [5.41, 5.74) is 4.72. The van der Waals surface area contributed by atoms with Crippen LogP contribution in [0.2, 0.25) is 0 Å². The van der Waals surface area contributed by atoms with E-state index in [1.165, 1.54) is 23.5 Å². The van der Waals surface area contributed by atoms with E-state index in [0.717, 1.165) is 35.2 Å². The summed E-state index contributed by atoms with van der Waals surface area (Å²) in [6, 6.07) is 17.2. The van der Waals surface area contributed by atoms with Crippen LogP contribution in [0.25, 0.3) is 22.6 Å². The Kier molecular flexibility index (Phi) is 6.56. The molecule has 5 rings (SSSR count). The lowest BCUT2D eigenvalue weighted by Gasteiger charge is -2.22. The van der Waals surface area contributed by atoms with Crippen LogP contribution in [0, 0.1) is 17.1 Å². The molecule has 0 atom stereocenters. The number of ether oxygens (including phenoxy) is 1. The highest BCUT2D eigenvalue weighted by Gasteiger charge is 2.26. The van der Waals surface area contributed by atoms with Gasteiger partial charge in [-0.15, -0.1) is 11.3 Å². The van der Waals surface area contributed by atoms with Crippen LogP contribution in [0.15, 0.2) is 60.0 Å². The van der Waals surface area contributed by atoms with Crippen LogP contribution in [0.5, 0.6) is 0 Å². The predicted molar refractivity (Wildman–Crippen MR) is 137 cm³/mol. The van der Waals surface area contributed by atoms with Crippen molar-refractivity contribution in [3.05, 3.63) is 93.7 Å². The summed E-state index contributed by atoms with van der Waals surface area (Å²) in [6.07, 6.45) is 4.20. The molecule has 1 amide bonds. The number of aromatic nitrogens is 1. The molecule has 0 aliphatic heterocycles. The van der Waals surface area contributed by atoms with Crippen LogP contribution < -0.4 is 5.32 Å². The fraction of sp³-hybridized carbons (Fsp3) is 0.143. The molecule has 1 aliphatic carbocycles. The number of fused-ring (bicyclic) bond motifs is 2. The highest BCUT2D eigenvalue weighted by Crippen LogP contribution is 2.36. The second-order valence-electron chi connectivity index (χ2n) is 8.31. The van der Waals surface area contributed by atoms with E-state index >= 15 is 0 Å². The lowest BCUT2D eigenvalue weighted by atomic mass is 9.86. The summed E-state index contributed by atoms with van der Waals surface area (Å²) >= 11 is 1.22. The van der Waals surface area contributed by atoms with Gasteiger partial charge in [-0.25, -0.2) is 14.2 Å². The summed E-state index contributed by atoms with van der Waals surface area (Å²) in [4.78, 5) is 30.6. The Morgan fingerprint density at radius 3 is 2.75 bits per heavy atom. The highest BCUT2D eigenvalue weighted by atomic mass is 32.1. The second kappa shape index (κ2) is 10.1. The molecule has 178 valence electrons. The molecular formula is C28H20FN3O3S. The third kappa shape index (κ3) is 4.74. The molecule has 0 unspecified atom stereocenters. The van der Waals surface area contributed by atoms with Crippen LogP contribution in [-0.4, -0.2) is 23.5 Å². The zero-order valence-electron chi connectivity index (χ0n) is 19.1. The molecule has 1 N–H and O–H groups in total. The van der Waals surface area contributed by atoms with Gasteiger partial charge in [-0.2, -0.15) is 5.26 Å². The number of amides is 1. The van der Waals surface area contributed by atoms with E-state index in [2.05, 4.69) is 5.32 Å². The molecule has 0 saturated carbocycles.